The Hall–Kier alpha value is -1.56. The Balaban J connectivity index is 1.58. The van der Waals surface area contributed by atoms with E-state index in [-0.39, 0.29) is 12.1 Å². The quantitative estimate of drug-likeness (QED) is 0.794. The normalized spacial score (nSPS) is 17.3. The van der Waals surface area contributed by atoms with Crippen LogP contribution in [0.15, 0.2) is 18.5 Å². The zero-order chi connectivity index (χ0) is 13.5. The summed E-state index contributed by atoms with van der Waals surface area (Å²) in [6.45, 7) is 6.65. The van der Waals surface area contributed by atoms with Gasteiger partial charge in [-0.15, -0.1) is 0 Å². The summed E-state index contributed by atoms with van der Waals surface area (Å²) >= 11 is 0. The van der Waals surface area contributed by atoms with Crippen molar-refractivity contribution in [2.45, 2.75) is 32.4 Å². The minimum absolute atomic E-state index is 0.0617. The highest BCUT2D eigenvalue weighted by Crippen LogP contribution is 2.05. The average molecular weight is 265 g/mol. The molecular formula is C13H23N5O. The number of hydrogen-bond donors (Lipinski definition) is 2. The summed E-state index contributed by atoms with van der Waals surface area (Å²) in [5.41, 5.74) is 0. The van der Waals surface area contributed by atoms with Crippen LogP contribution in [0.5, 0.6) is 0 Å². The summed E-state index contributed by atoms with van der Waals surface area (Å²) in [5.74, 6) is 0. The summed E-state index contributed by atoms with van der Waals surface area (Å²) in [5, 5.41) is 9.93. The van der Waals surface area contributed by atoms with Gasteiger partial charge in [0, 0.05) is 31.5 Å². The highest BCUT2D eigenvalue weighted by Gasteiger charge is 2.12. The number of rotatable bonds is 6. The lowest BCUT2D eigenvalue weighted by Crippen LogP contribution is -2.44. The topological polar surface area (TPSA) is 62.2 Å². The van der Waals surface area contributed by atoms with Gasteiger partial charge in [0.15, 0.2) is 0 Å². The largest absolute Gasteiger partial charge is 0.337 e. The fourth-order valence-electron chi connectivity index (χ4n) is 2.34. The Labute approximate surface area is 114 Å². The van der Waals surface area contributed by atoms with E-state index >= 15 is 0 Å². The molecule has 1 atom stereocenters. The van der Waals surface area contributed by atoms with Crippen LogP contribution in [0.4, 0.5) is 4.79 Å². The van der Waals surface area contributed by atoms with Gasteiger partial charge < -0.3 is 15.5 Å². The van der Waals surface area contributed by atoms with Crippen molar-refractivity contribution in [3.05, 3.63) is 18.5 Å². The van der Waals surface area contributed by atoms with Crippen molar-refractivity contribution in [3.8, 4) is 0 Å². The van der Waals surface area contributed by atoms with Crippen LogP contribution in [0, 0.1) is 0 Å². The molecule has 1 aromatic rings. The summed E-state index contributed by atoms with van der Waals surface area (Å²) in [6.07, 6.45) is 6.20. The molecule has 0 spiro atoms. The maximum atomic E-state index is 11.7. The van der Waals surface area contributed by atoms with E-state index < -0.39 is 0 Å². The van der Waals surface area contributed by atoms with E-state index in [1.54, 1.807) is 6.20 Å². The first-order chi connectivity index (χ1) is 9.24. The Morgan fingerprint density at radius 2 is 2.21 bits per heavy atom. The van der Waals surface area contributed by atoms with Gasteiger partial charge in [-0.05, 0) is 38.9 Å². The standard InChI is InChI=1S/C13H23N5O/c1-12(11-18-9-4-5-15-18)16-13(19)14-6-10-17-7-2-3-8-17/h4-5,9,12H,2-3,6-8,10-11H2,1H3,(H2,14,16,19)/t12-/m1/s1. The number of likely N-dealkylation sites (tertiary alicyclic amines) is 1. The third-order valence-corrected chi connectivity index (χ3v) is 3.31. The Morgan fingerprint density at radius 1 is 1.42 bits per heavy atom. The summed E-state index contributed by atoms with van der Waals surface area (Å²) < 4.78 is 1.81. The molecule has 1 aliphatic rings. The van der Waals surface area contributed by atoms with Crippen molar-refractivity contribution in [3.63, 3.8) is 0 Å². The molecule has 0 bridgehead atoms. The first kappa shape index (κ1) is 13.9. The van der Waals surface area contributed by atoms with Crippen molar-refractivity contribution >= 4 is 6.03 Å². The Morgan fingerprint density at radius 3 is 2.89 bits per heavy atom. The number of hydrogen-bond acceptors (Lipinski definition) is 3. The number of aromatic nitrogens is 2. The van der Waals surface area contributed by atoms with E-state index in [1.165, 1.54) is 25.9 Å². The molecule has 106 valence electrons. The highest BCUT2D eigenvalue weighted by atomic mass is 16.2. The molecule has 0 radical (unpaired) electrons. The monoisotopic (exact) mass is 265 g/mol. The number of amides is 2. The molecule has 1 aromatic heterocycles. The zero-order valence-corrected chi connectivity index (χ0v) is 11.5. The minimum Gasteiger partial charge on any atom is -0.337 e. The summed E-state index contributed by atoms with van der Waals surface area (Å²) in [4.78, 5) is 14.1. The van der Waals surface area contributed by atoms with Gasteiger partial charge in [-0.3, -0.25) is 4.68 Å². The van der Waals surface area contributed by atoms with Gasteiger partial charge in [-0.2, -0.15) is 5.10 Å². The fourth-order valence-corrected chi connectivity index (χ4v) is 2.34. The molecule has 0 saturated carbocycles. The SMILES string of the molecule is C[C@H](Cn1cccn1)NC(=O)NCCN1CCCC1. The van der Waals surface area contributed by atoms with Crippen LogP contribution >= 0.6 is 0 Å². The van der Waals surface area contributed by atoms with Crippen LogP contribution in [-0.2, 0) is 6.54 Å². The summed E-state index contributed by atoms with van der Waals surface area (Å²) in [7, 11) is 0. The lowest BCUT2D eigenvalue weighted by molar-refractivity contribution is 0.233. The maximum absolute atomic E-state index is 11.7. The number of carbonyl (C=O) groups is 1. The number of nitrogens with one attached hydrogen (secondary N) is 2. The molecule has 0 aliphatic carbocycles. The minimum atomic E-state index is -0.0983. The predicted molar refractivity (Wildman–Crippen MR) is 73.9 cm³/mol. The molecule has 19 heavy (non-hydrogen) atoms. The molecule has 2 rings (SSSR count). The van der Waals surface area contributed by atoms with Crippen LogP contribution < -0.4 is 10.6 Å². The molecule has 1 saturated heterocycles. The lowest BCUT2D eigenvalue weighted by Gasteiger charge is -2.17. The first-order valence-electron chi connectivity index (χ1n) is 6.98. The molecule has 6 nitrogen and oxygen atoms in total. The smallest absolute Gasteiger partial charge is 0.315 e. The van der Waals surface area contributed by atoms with Crippen LogP contribution in [-0.4, -0.2) is 52.9 Å². The Bertz CT molecular complexity index is 372. The maximum Gasteiger partial charge on any atom is 0.315 e. The van der Waals surface area contributed by atoms with Crippen LogP contribution in [0.3, 0.4) is 0 Å². The van der Waals surface area contributed by atoms with E-state index in [0.29, 0.717) is 13.1 Å². The highest BCUT2D eigenvalue weighted by molar-refractivity contribution is 5.74. The van der Waals surface area contributed by atoms with Gasteiger partial charge in [0.2, 0.25) is 0 Å². The molecule has 2 N–H and O–H groups in total. The van der Waals surface area contributed by atoms with Gasteiger partial charge >= 0.3 is 6.03 Å². The van der Waals surface area contributed by atoms with Crippen molar-refractivity contribution in [2.75, 3.05) is 26.2 Å². The third-order valence-electron chi connectivity index (χ3n) is 3.31. The van der Waals surface area contributed by atoms with Crippen LogP contribution in [0.1, 0.15) is 19.8 Å². The van der Waals surface area contributed by atoms with Gasteiger partial charge in [0.25, 0.3) is 0 Å². The molecule has 1 aliphatic heterocycles. The van der Waals surface area contributed by atoms with Crippen molar-refractivity contribution in [2.24, 2.45) is 0 Å². The van der Waals surface area contributed by atoms with Gasteiger partial charge in [-0.25, -0.2) is 4.79 Å². The second-order valence-electron chi connectivity index (χ2n) is 5.08. The van der Waals surface area contributed by atoms with E-state index in [1.807, 2.05) is 23.9 Å². The van der Waals surface area contributed by atoms with Crippen molar-refractivity contribution in [1.82, 2.24) is 25.3 Å². The predicted octanol–water partition coefficient (Wildman–Crippen LogP) is 0.667. The Kier molecular flexibility index (Phi) is 5.20. The van der Waals surface area contributed by atoms with Gasteiger partial charge in [0.05, 0.1) is 6.54 Å². The molecular weight excluding hydrogens is 242 g/mol. The van der Waals surface area contributed by atoms with Gasteiger partial charge in [-0.1, -0.05) is 0 Å². The van der Waals surface area contributed by atoms with E-state index in [9.17, 15) is 4.79 Å². The molecule has 0 aromatic carbocycles. The van der Waals surface area contributed by atoms with Crippen molar-refractivity contribution < 1.29 is 4.79 Å². The molecule has 0 unspecified atom stereocenters. The fraction of sp³-hybridized carbons (Fsp3) is 0.692. The number of carbonyl (C=O) groups excluding carboxylic acids is 1. The zero-order valence-electron chi connectivity index (χ0n) is 11.5. The second-order valence-corrected chi connectivity index (χ2v) is 5.08. The van der Waals surface area contributed by atoms with Gasteiger partial charge in [0.1, 0.15) is 0 Å². The number of nitrogens with zero attached hydrogens (tertiary/aromatic N) is 3. The van der Waals surface area contributed by atoms with E-state index in [2.05, 4.69) is 20.6 Å². The van der Waals surface area contributed by atoms with E-state index in [0.717, 1.165) is 6.54 Å². The average Bonchev–Trinajstić information content (AvgIpc) is 3.01. The summed E-state index contributed by atoms with van der Waals surface area (Å²) in [6, 6.07) is 1.84. The van der Waals surface area contributed by atoms with Crippen LogP contribution in [0.2, 0.25) is 0 Å². The lowest BCUT2D eigenvalue weighted by atomic mass is 10.3. The molecule has 2 heterocycles. The molecule has 2 amide bonds. The molecule has 6 heteroatoms. The van der Waals surface area contributed by atoms with Crippen LogP contribution in [0.25, 0.3) is 0 Å². The molecule has 1 fully saturated rings. The second kappa shape index (κ2) is 7.13. The first-order valence-corrected chi connectivity index (χ1v) is 6.98. The van der Waals surface area contributed by atoms with Crippen molar-refractivity contribution in [1.29, 1.82) is 0 Å². The third kappa shape index (κ3) is 4.90. The number of urea groups is 1. The van der Waals surface area contributed by atoms with E-state index in [4.69, 9.17) is 0 Å².